The summed E-state index contributed by atoms with van der Waals surface area (Å²) in [5, 5.41) is 7.24. The average Bonchev–Trinajstić information content (AvgIpc) is 3.46. The quantitative estimate of drug-likeness (QED) is 0.862. The molecule has 1 unspecified atom stereocenters. The number of aromatic nitrogens is 3. The molecule has 0 amide bonds. The van der Waals surface area contributed by atoms with Crippen molar-refractivity contribution in [1.82, 2.24) is 20.3 Å². The highest BCUT2D eigenvalue weighted by Gasteiger charge is 2.34. The predicted molar refractivity (Wildman–Crippen MR) is 105 cm³/mol. The molecule has 2 aliphatic rings. The fourth-order valence-corrected chi connectivity index (χ4v) is 3.60. The van der Waals surface area contributed by atoms with Crippen molar-refractivity contribution in [2.24, 2.45) is 5.92 Å². The molecule has 1 atom stereocenters. The summed E-state index contributed by atoms with van der Waals surface area (Å²) in [6, 6.07) is 6.52. The van der Waals surface area contributed by atoms with Crippen molar-refractivity contribution >= 4 is 11.8 Å². The number of hydrogen-bond acceptors (Lipinski definition) is 6. The van der Waals surface area contributed by atoms with Gasteiger partial charge < -0.3 is 15.5 Å². The van der Waals surface area contributed by atoms with Crippen molar-refractivity contribution in [3.63, 3.8) is 0 Å². The molecular formula is C20H28N6. The van der Waals surface area contributed by atoms with Gasteiger partial charge in [0.15, 0.2) is 0 Å². The van der Waals surface area contributed by atoms with Crippen LogP contribution in [0.3, 0.4) is 0 Å². The van der Waals surface area contributed by atoms with Gasteiger partial charge in [0.2, 0.25) is 5.95 Å². The summed E-state index contributed by atoms with van der Waals surface area (Å²) >= 11 is 0. The molecule has 1 saturated carbocycles. The first-order valence-corrected chi connectivity index (χ1v) is 9.60. The van der Waals surface area contributed by atoms with Gasteiger partial charge in [-0.3, -0.25) is 4.98 Å². The molecule has 0 bridgehead atoms. The van der Waals surface area contributed by atoms with Crippen LogP contribution in [0.2, 0.25) is 0 Å². The zero-order valence-corrected chi connectivity index (χ0v) is 15.9. The fraction of sp³-hybridized carbons (Fsp3) is 0.550. The minimum atomic E-state index is 0.222. The maximum absolute atomic E-state index is 4.87. The standard InChI is InChI=1S/C20H28N6/c1-13-5-4-6-17(22-13)18(14-7-8-14)24-19-15-9-11-21-12-10-16(15)23-20(25-19)26(2)3/h4-6,14,18,21H,7-12H2,1-3H3,(H,23,24,25). The van der Waals surface area contributed by atoms with Crippen molar-refractivity contribution in [2.45, 2.75) is 38.6 Å². The molecule has 1 aliphatic heterocycles. The lowest BCUT2D eigenvalue weighted by atomic mass is 10.1. The molecule has 0 aromatic carbocycles. The molecule has 6 heteroatoms. The van der Waals surface area contributed by atoms with Gasteiger partial charge in [0, 0.05) is 38.3 Å². The number of hydrogen-bond donors (Lipinski definition) is 2. The third kappa shape index (κ3) is 3.65. The first-order valence-electron chi connectivity index (χ1n) is 9.60. The topological polar surface area (TPSA) is 66.0 Å². The molecule has 3 heterocycles. The molecule has 4 rings (SSSR count). The van der Waals surface area contributed by atoms with E-state index in [1.165, 1.54) is 24.1 Å². The van der Waals surface area contributed by atoms with Crippen molar-refractivity contribution in [1.29, 1.82) is 0 Å². The number of rotatable bonds is 5. The molecule has 26 heavy (non-hydrogen) atoms. The molecule has 2 aromatic rings. The molecule has 1 fully saturated rings. The van der Waals surface area contributed by atoms with Crippen LogP contribution in [-0.4, -0.2) is 42.1 Å². The Morgan fingerprint density at radius 2 is 1.92 bits per heavy atom. The number of nitrogens with zero attached hydrogens (tertiary/aromatic N) is 4. The van der Waals surface area contributed by atoms with Crippen LogP contribution in [0.25, 0.3) is 0 Å². The largest absolute Gasteiger partial charge is 0.361 e. The Bertz CT molecular complexity index is 784. The van der Waals surface area contributed by atoms with Gasteiger partial charge in [-0.1, -0.05) is 6.07 Å². The smallest absolute Gasteiger partial charge is 0.227 e. The van der Waals surface area contributed by atoms with Crippen molar-refractivity contribution < 1.29 is 0 Å². The summed E-state index contributed by atoms with van der Waals surface area (Å²) in [5.74, 6) is 2.41. The predicted octanol–water partition coefficient (Wildman–Crippen LogP) is 2.50. The Balaban J connectivity index is 1.72. The second-order valence-electron chi connectivity index (χ2n) is 7.61. The van der Waals surface area contributed by atoms with Gasteiger partial charge >= 0.3 is 0 Å². The Labute approximate surface area is 155 Å². The third-order valence-corrected chi connectivity index (χ3v) is 5.19. The average molecular weight is 352 g/mol. The highest BCUT2D eigenvalue weighted by Crippen LogP contribution is 2.42. The molecule has 0 radical (unpaired) electrons. The SMILES string of the molecule is Cc1cccc(C(Nc2nc(N(C)C)nc3c2CCNCC3)C2CC2)n1. The summed E-state index contributed by atoms with van der Waals surface area (Å²) < 4.78 is 0. The molecule has 138 valence electrons. The lowest BCUT2D eigenvalue weighted by Crippen LogP contribution is -2.21. The van der Waals surface area contributed by atoms with E-state index in [-0.39, 0.29) is 6.04 Å². The van der Waals surface area contributed by atoms with Crippen LogP contribution >= 0.6 is 0 Å². The van der Waals surface area contributed by atoms with Crippen LogP contribution in [0, 0.1) is 12.8 Å². The van der Waals surface area contributed by atoms with E-state index in [1.807, 2.05) is 19.0 Å². The summed E-state index contributed by atoms with van der Waals surface area (Å²) in [5.41, 5.74) is 4.62. The number of aryl methyl sites for hydroxylation is 1. The first kappa shape index (κ1) is 17.2. The maximum Gasteiger partial charge on any atom is 0.227 e. The molecule has 6 nitrogen and oxygen atoms in total. The molecule has 0 spiro atoms. The summed E-state index contributed by atoms with van der Waals surface area (Å²) in [4.78, 5) is 16.5. The van der Waals surface area contributed by atoms with Crippen molar-refractivity contribution in [2.75, 3.05) is 37.4 Å². The van der Waals surface area contributed by atoms with Crippen LogP contribution in [0.1, 0.15) is 41.5 Å². The van der Waals surface area contributed by atoms with Crippen LogP contribution in [0.5, 0.6) is 0 Å². The van der Waals surface area contributed by atoms with Crippen LogP contribution in [0.15, 0.2) is 18.2 Å². The number of fused-ring (bicyclic) bond motifs is 1. The zero-order chi connectivity index (χ0) is 18.1. The summed E-state index contributed by atoms with van der Waals surface area (Å²) in [6.45, 7) is 4.00. The first-order chi connectivity index (χ1) is 12.6. The molecule has 2 aromatic heterocycles. The van der Waals surface area contributed by atoms with Crippen LogP contribution in [0.4, 0.5) is 11.8 Å². The van der Waals surface area contributed by atoms with E-state index in [0.717, 1.165) is 49.1 Å². The summed E-state index contributed by atoms with van der Waals surface area (Å²) in [6.07, 6.45) is 4.42. The molecule has 1 aliphatic carbocycles. The molecular weight excluding hydrogens is 324 g/mol. The normalized spacial score (nSPS) is 18.0. The van der Waals surface area contributed by atoms with E-state index in [4.69, 9.17) is 15.0 Å². The van der Waals surface area contributed by atoms with Crippen LogP contribution < -0.4 is 15.5 Å². The number of nitrogens with one attached hydrogen (secondary N) is 2. The second-order valence-corrected chi connectivity index (χ2v) is 7.61. The van der Waals surface area contributed by atoms with Gasteiger partial charge in [0.25, 0.3) is 0 Å². The number of anilines is 2. The minimum absolute atomic E-state index is 0.222. The third-order valence-electron chi connectivity index (χ3n) is 5.19. The molecule has 0 saturated heterocycles. The van der Waals surface area contributed by atoms with Gasteiger partial charge in [-0.05, 0) is 50.8 Å². The fourth-order valence-electron chi connectivity index (χ4n) is 3.60. The second kappa shape index (κ2) is 7.19. The highest BCUT2D eigenvalue weighted by molar-refractivity contribution is 5.53. The van der Waals surface area contributed by atoms with Gasteiger partial charge in [0.1, 0.15) is 5.82 Å². The van der Waals surface area contributed by atoms with E-state index in [9.17, 15) is 0 Å². The van der Waals surface area contributed by atoms with Gasteiger partial charge in [-0.15, -0.1) is 0 Å². The highest BCUT2D eigenvalue weighted by atomic mass is 15.2. The zero-order valence-electron chi connectivity index (χ0n) is 15.9. The van der Waals surface area contributed by atoms with Gasteiger partial charge in [-0.25, -0.2) is 4.98 Å². The Morgan fingerprint density at radius 3 is 2.65 bits per heavy atom. The lowest BCUT2D eigenvalue weighted by molar-refractivity contribution is 0.650. The maximum atomic E-state index is 4.87. The number of pyridine rings is 1. The van der Waals surface area contributed by atoms with E-state index < -0.39 is 0 Å². The Kier molecular flexibility index (Phi) is 4.76. The van der Waals surface area contributed by atoms with E-state index in [0.29, 0.717) is 5.92 Å². The summed E-state index contributed by atoms with van der Waals surface area (Å²) in [7, 11) is 4.00. The molecule has 2 N–H and O–H groups in total. The lowest BCUT2D eigenvalue weighted by Gasteiger charge is -2.23. The monoisotopic (exact) mass is 352 g/mol. The van der Waals surface area contributed by atoms with E-state index in [1.54, 1.807) is 0 Å². The van der Waals surface area contributed by atoms with Gasteiger partial charge in [-0.2, -0.15) is 4.98 Å². The van der Waals surface area contributed by atoms with Gasteiger partial charge in [0.05, 0.1) is 17.4 Å². The van der Waals surface area contributed by atoms with Crippen LogP contribution in [-0.2, 0) is 12.8 Å². The minimum Gasteiger partial charge on any atom is -0.361 e. The Hall–Kier alpha value is -2.21. The van der Waals surface area contributed by atoms with Crippen molar-refractivity contribution in [3.8, 4) is 0 Å². The van der Waals surface area contributed by atoms with E-state index in [2.05, 4.69) is 35.8 Å². The van der Waals surface area contributed by atoms with Crippen molar-refractivity contribution in [3.05, 3.63) is 40.8 Å². The Morgan fingerprint density at radius 1 is 1.12 bits per heavy atom. The van der Waals surface area contributed by atoms with E-state index >= 15 is 0 Å².